The number of nitrogens with zero attached hydrogens (tertiary/aromatic N) is 5. The molecule has 0 amide bonds. The summed E-state index contributed by atoms with van der Waals surface area (Å²) in [6, 6.07) is -1.34. The summed E-state index contributed by atoms with van der Waals surface area (Å²) in [6.07, 6.45) is 1.71. The molecule has 0 N–H and O–H groups in total. The largest absolute Gasteiger partial charge is 0.333 e. The Morgan fingerprint density at radius 2 is 1.58 bits per heavy atom. The van der Waals surface area contributed by atoms with E-state index in [1.165, 1.54) is 32.4 Å². The molecule has 0 spiro atoms. The lowest BCUT2D eigenvalue weighted by Gasteiger charge is -2.12. The maximum Gasteiger partial charge on any atom is 0.333 e. The van der Waals surface area contributed by atoms with Crippen molar-refractivity contribution in [3.05, 3.63) is 32.7 Å². The fourth-order valence-corrected chi connectivity index (χ4v) is 3.18. The molecule has 9 nitrogen and oxygen atoms in total. The summed E-state index contributed by atoms with van der Waals surface area (Å²) < 4.78 is 5.50. The second-order valence-corrected chi connectivity index (χ2v) is 6.68. The van der Waals surface area contributed by atoms with Crippen LogP contribution in [0.1, 0.15) is 45.5 Å². The van der Waals surface area contributed by atoms with Gasteiger partial charge in [0.2, 0.25) is 5.78 Å². The molecule has 0 bridgehead atoms. The zero-order valence-electron chi connectivity index (χ0n) is 15.6. The van der Waals surface area contributed by atoms with Crippen LogP contribution >= 0.6 is 0 Å². The van der Waals surface area contributed by atoms with E-state index in [4.69, 9.17) is 0 Å². The molecule has 2 atom stereocenters. The fraction of sp³-hybridized carbons (Fsp3) is 0.471. The van der Waals surface area contributed by atoms with Crippen molar-refractivity contribution in [1.29, 1.82) is 0 Å². The number of hydrogen-bond donors (Lipinski definition) is 0. The van der Waals surface area contributed by atoms with Crippen molar-refractivity contribution in [2.75, 3.05) is 0 Å². The standard InChI is InChI=1S/C17H21N5O4/c1-8-7-20-13-14(18-16(20)21(8)9(2)11(4)23)19(6)17(26)22(15(13)25)10(3)12(5)24/h7,9-10H,1-6H3/t9-,10-/m1/s1. The third-order valence-corrected chi connectivity index (χ3v) is 4.97. The highest BCUT2D eigenvalue weighted by atomic mass is 16.2. The van der Waals surface area contributed by atoms with Crippen molar-refractivity contribution in [3.63, 3.8) is 0 Å². The van der Waals surface area contributed by atoms with Crippen LogP contribution in [0.2, 0.25) is 0 Å². The molecule has 138 valence electrons. The lowest BCUT2D eigenvalue weighted by molar-refractivity contribution is -0.120. The van der Waals surface area contributed by atoms with Crippen LogP contribution in [0.5, 0.6) is 0 Å². The average molecular weight is 359 g/mol. The van der Waals surface area contributed by atoms with Crippen molar-refractivity contribution in [2.24, 2.45) is 7.05 Å². The van der Waals surface area contributed by atoms with Gasteiger partial charge in [-0.3, -0.25) is 23.4 Å². The predicted octanol–water partition coefficient (Wildman–Crippen LogP) is 0.758. The Hall–Kier alpha value is -2.97. The molecule has 3 aromatic heterocycles. The molecule has 0 saturated heterocycles. The molecule has 0 unspecified atom stereocenters. The van der Waals surface area contributed by atoms with Gasteiger partial charge in [0.1, 0.15) is 0 Å². The molecule has 3 aromatic rings. The van der Waals surface area contributed by atoms with Gasteiger partial charge in [0.15, 0.2) is 22.7 Å². The fourth-order valence-electron chi connectivity index (χ4n) is 3.18. The second-order valence-electron chi connectivity index (χ2n) is 6.68. The number of rotatable bonds is 4. The second kappa shape index (κ2) is 5.79. The summed E-state index contributed by atoms with van der Waals surface area (Å²) in [7, 11) is 1.51. The van der Waals surface area contributed by atoms with Gasteiger partial charge >= 0.3 is 5.69 Å². The Bertz CT molecular complexity index is 1190. The average Bonchev–Trinajstić information content (AvgIpc) is 3.06. The number of carbonyl (C=O) groups excluding carboxylic acids is 2. The Kier molecular flexibility index (Phi) is 3.97. The highest BCUT2D eigenvalue weighted by Crippen LogP contribution is 2.21. The van der Waals surface area contributed by atoms with E-state index < -0.39 is 23.3 Å². The number of fused-ring (bicyclic) bond motifs is 3. The third-order valence-electron chi connectivity index (χ3n) is 4.97. The van der Waals surface area contributed by atoms with Crippen LogP contribution in [0.4, 0.5) is 0 Å². The van der Waals surface area contributed by atoms with Gasteiger partial charge < -0.3 is 4.57 Å². The molecule has 0 aliphatic carbocycles. The molecule has 0 fully saturated rings. The van der Waals surface area contributed by atoms with Crippen LogP contribution < -0.4 is 11.2 Å². The van der Waals surface area contributed by atoms with Gasteiger partial charge in [0, 0.05) is 18.9 Å². The Morgan fingerprint density at radius 3 is 2.12 bits per heavy atom. The minimum absolute atomic E-state index is 0.0465. The highest BCUT2D eigenvalue weighted by molar-refractivity contribution is 5.82. The van der Waals surface area contributed by atoms with Crippen LogP contribution in [0.25, 0.3) is 16.9 Å². The minimum Gasteiger partial charge on any atom is -0.304 e. The van der Waals surface area contributed by atoms with Gasteiger partial charge in [-0.2, -0.15) is 4.98 Å². The normalized spacial score (nSPS) is 14.1. The van der Waals surface area contributed by atoms with E-state index >= 15 is 0 Å². The van der Waals surface area contributed by atoms with Gasteiger partial charge in [0.25, 0.3) is 5.56 Å². The van der Waals surface area contributed by atoms with Gasteiger partial charge in [-0.15, -0.1) is 0 Å². The van der Waals surface area contributed by atoms with E-state index in [1.54, 1.807) is 22.1 Å². The molecule has 0 aliphatic heterocycles. The van der Waals surface area contributed by atoms with Crippen LogP contribution in [-0.2, 0) is 16.6 Å². The molecule has 0 aliphatic rings. The first-order chi connectivity index (χ1) is 12.1. The summed E-state index contributed by atoms with van der Waals surface area (Å²) in [5, 5.41) is 0. The van der Waals surface area contributed by atoms with Gasteiger partial charge in [0.05, 0.1) is 12.1 Å². The monoisotopic (exact) mass is 359 g/mol. The van der Waals surface area contributed by atoms with E-state index in [2.05, 4.69) is 4.98 Å². The Morgan fingerprint density at radius 1 is 1.04 bits per heavy atom. The summed E-state index contributed by atoms with van der Waals surface area (Å²) in [4.78, 5) is 53.6. The first-order valence-corrected chi connectivity index (χ1v) is 8.30. The predicted molar refractivity (Wildman–Crippen MR) is 95.7 cm³/mol. The maximum atomic E-state index is 13.0. The van der Waals surface area contributed by atoms with E-state index in [1.807, 2.05) is 6.92 Å². The molecular formula is C17H21N5O4. The molecule has 0 radical (unpaired) electrons. The smallest absolute Gasteiger partial charge is 0.304 e. The number of carbonyl (C=O) groups is 2. The van der Waals surface area contributed by atoms with Crippen LogP contribution in [0.15, 0.2) is 15.8 Å². The van der Waals surface area contributed by atoms with Crippen molar-refractivity contribution in [2.45, 2.75) is 46.7 Å². The third kappa shape index (κ3) is 2.27. The number of ketones is 2. The summed E-state index contributed by atoms with van der Waals surface area (Å²) in [5.74, 6) is 0.0681. The molecule has 0 saturated carbocycles. The molecule has 3 rings (SSSR count). The number of hydrogen-bond acceptors (Lipinski definition) is 5. The number of aryl methyl sites for hydroxylation is 2. The highest BCUT2D eigenvalue weighted by Gasteiger charge is 2.25. The Labute approximate surface area is 148 Å². The maximum absolute atomic E-state index is 13.0. The summed E-state index contributed by atoms with van der Waals surface area (Å²) in [6.45, 7) is 7.91. The van der Waals surface area contributed by atoms with E-state index in [-0.39, 0.29) is 22.7 Å². The van der Waals surface area contributed by atoms with Crippen molar-refractivity contribution in [1.82, 2.24) is 23.1 Å². The lowest BCUT2D eigenvalue weighted by Crippen LogP contribution is -2.42. The molecular weight excluding hydrogens is 338 g/mol. The number of Topliss-reactive ketones (excluding diaryl/α,β-unsaturated/α-hetero) is 2. The number of imidazole rings is 2. The van der Waals surface area contributed by atoms with Crippen molar-refractivity contribution in [3.8, 4) is 0 Å². The summed E-state index contributed by atoms with van der Waals surface area (Å²) >= 11 is 0. The van der Waals surface area contributed by atoms with Crippen LogP contribution in [0.3, 0.4) is 0 Å². The lowest BCUT2D eigenvalue weighted by atomic mass is 10.2. The SMILES string of the molecule is CC(=O)[C@@H](C)n1c(=O)c2c(nc3n([C@H](C)C(C)=O)c(C)cn23)n(C)c1=O. The van der Waals surface area contributed by atoms with Gasteiger partial charge in [-0.1, -0.05) is 0 Å². The minimum atomic E-state index is -0.879. The molecule has 0 aromatic carbocycles. The van der Waals surface area contributed by atoms with Crippen molar-refractivity contribution >= 4 is 28.5 Å². The first-order valence-electron chi connectivity index (χ1n) is 8.30. The number of aromatic nitrogens is 5. The van der Waals surface area contributed by atoms with Gasteiger partial charge in [-0.25, -0.2) is 9.36 Å². The Balaban J connectivity index is 2.51. The molecule has 3 heterocycles. The zero-order valence-corrected chi connectivity index (χ0v) is 15.6. The van der Waals surface area contributed by atoms with E-state index in [9.17, 15) is 19.2 Å². The topological polar surface area (TPSA) is 100 Å². The van der Waals surface area contributed by atoms with E-state index in [0.717, 1.165) is 10.3 Å². The van der Waals surface area contributed by atoms with Crippen molar-refractivity contribution < 1.29 is 9.59 Å². The van der Waals surface area contributed by atoms with E-state index in [0.29, 0.717) is 5.78 Å². The van der Waals surface area contributed by atoms with Gasteiger partial charge in [-0.05, 0) is 34.6 Å². The zero-order chi connectivity index (χ0) is 19.5. The van der Waals surface area contributed by atoms with Crippen LogP contribution in [0, 0.1) is 6.92 Å². The summed E-state index contributed by atoms with van der Waals surface area (Å²) in [5.41, 5.74) is -0.00408. The first kappa shape index (κ1) is 17.8. The van der Waals surface area contributed by atoms with Crippen LogP contribution in [-0.4, -0.2) is 34.7 Å². The quantitative estimate of drug-likeness (QED) is 0.684. The molecule has 9 heteroatoms. The molecule has 26 heavy (non-hydrogen) atoms.